The number of aliphatic imine (C=N–C) groups is 1. The van der Waals surface area contributed by atoms with Crippen molar-refractivity contribution in [3.63, 3.8) is 0 Å². The van der Waals surface area contributed by atoms with Gasteiger partial charge >= 0.3 is 0 Å². The number of ether oxygens (including phenoxy) is 2. The van der Waals surface area contributed by atoms with Gasteiger partial charge in [0.2, 0.25) is 0 Å². The van der Waals surface area contributed by atoms with E-state index in [9.17, 15) is 0 Å². The maximum atomic E-state index is 5.39. The average Bonchev–Trinajstić information content (AvgIpc) is 2.66. The van der Waals surface area contributed by atoms with Crippen LogP contribution in [-0.2, 0) is 22.6 Å². The zero-order valence-electron chi connectivity index (χ0n) is 15.6. The molecule has 1 aliphatic heterocycles. The van der Waals surface area contributed by atoms with Crippen molar-refractivity contribution in [3.05, 3.63) is 35.4 Å². The Labute approximate surface area is 151 Å². The number of guanidine groups is 1. The fraction of sp³-hybridized carbons (Fsp3) is 0.632. The van der Waals surface area contributed by atoms with Gasteiger partial charge < -0.3 is 20.1 Å². The molecule has 1 aromatic rings. The van der Waals surface area contributed by atoms with Gasteiger partial charge in [0.1, 0.15) is 0 Å². The molecule has 0 radical (unpaired) electrons. The molecule has 1 aromatic carbocycles. The van der Waals surface area contributed by atoms with E-state index in [1.54, 1.807) is 7.05 Å². The minimum Gasteiger partial charge on any atom is -0.382 e. The van der Waals surface area contributed by atoms with Crippen LogP contribution in [-0.4, -0.2) is 64.0 Å². The lowest BCUT2D eigenvalue weighted by Crippen LogP contribution is -2.37. The van der Waals surface area contributed by atoms with Crippen molar-refractivity contribution >= 4 is 5.96 Å². The molecule has 2 N–H and O–H groups in total. The lowest BCUT2D eigenvalue weighted by atomic mass is 10.1. The molecule has 0 aromatic heterocycles. The summed E-state index contributed by atoms with van der Waals surface area (Å²) in [6.07, 6.45) is 0.977. The average molecular weight is 348 g/mol. The zero-order valence-corrected chi connectivity index (χ0v) is 15.6. The van der Waals surface area contributed by atoms with Gasteiger partial charge in [0.25, 0.3) is 0 Å². The lowest BCUT2D eigenvalue weighted by molar-refractivity contribution is 0.0342. The van der Waals surface area contributed by atoms with Gasteiger partial charge in [-0.25, -0.2) is 0 Å². The molecule has 140 valence electrons. The third-order valence-corrected chi connectivity index (χ3v) is 4.18. The molecule has 6 nitrogen and oxygen atoms in total. The Bertz CT molecular complexity index is 499. The van der Waals surface area contributed by atoms with E-state index in [1.165, 1.54) is 11.1 Å². The third kappa shape index (κ3) is 7.86. The van der Waals surface area contributed by atoms with Crippen LogP contribution in [0.2, 0.25) is 0 Å². The van der Waals surface area contributed by atoms with Crippen molar-refractivity contribution in [2.24, 2.45) is 4.99 Å². The van der Waals surface area contributed by atoms with E-state index >= 15 is 0 Å². The second-order valence-electron chi connectivity index (χ2n) is 6.11. The van der Waals surface area contributed by atoms with Crippen molar-refractivity contribution in [2.45, 2.75) is 26.4 Å². The van der Waals surface area contributed by atoms with Crippen LogP contribution in [0.15, 0.2) is 29.3 Å². The Morgan fingerprint density at radius 3 is 2.56 bits per heavy atom. The van der Waals surface area contributed by atoms with E-state index in [1.807, 2.05) is 6.92 Å². The van der Waals surface area contributed by atoms with Crippen LogP contribution in [0.1, 0.15) is 24.5 Å². The second-order valence-corrected chi connectivity index (χ2v) is 6.11. The Morgan fingerprint density at radius 1 is 1.16 bits per heavy atom. The van der Waals surface area contributed by atoms with E-state index in [4.69, 9.17) is 9.47 Å². The molecule has 0 aliphatic carbocycles. The Balaban J connectivity index is 1.68. The van der Waals surface area contributed by atoms with Gasteiger partial charge in [0.05, 0.1) is 13.2 Å². The fourth-order valence-corrected chi connectivity index (χ4v) is 2.71. The standard InChI is InChI=1S/C19H32N4O2/c1-3-24-12-4-9-21-19(20-2)22-15-17-5-7-18(8-6-17)16-23-10-13-25-14-11-23/h5-8H,3-4,9-16H2,1-2H3,(H2,20,21,22). The normalized spacial score (nSPS) is 16.0. The van der Waals surface area contributed by atoms with Crippen LogP contribution in [0.25, 0.3) is 0 Å². The van der Waals surface area contributed by atoms with E-state index < -0.39 is 0 Å². The van der Waals surface area contributed by atoms with Crippen LogP contribution in [0.5, 0.6) is 0 Å². The van der Waals surface area contributed by atoms with Crippen molar-refractivity contribution < 1.29 is 9.47 Å². The molecule has 0 saturated carbocycles. The first kappa shape index (κ1) is 19.7. The van der Waals surface area contributed by atoms with E-state index in [0.717, 1.165) is 71.5 Å². The first-order valence-electron chi connectivity index (χ1n) is 9.22. The number of benzene rings is 1. The van der Waals surface area contributed by atoms with Crippen molar-refractivity contribution in [1.29, 1.82) is 0 Å². The summed E-state index contributed by atoms with van der Waals surface area (Å²) in [7, 11) is 1.79. The molecule has 0 unspecified atom stereocenters. The van der Waals surface area contributed by atoms with Gasteiger partial charge in [-0.1, -0.05) is 24.3 Å². The molecule has 0 bridgehead atoms. The monoisotopic (exact) mass is 348 g/mol. The summed E-state index contributed by atoms with van der Waals surface area (Å²) in [4.78, 5) is 6.69. The summed E-state index contributed by atoms with van der Waals surface area (Å²) in [5.41, 5.74) is 2.60. The molecule has 1 aliphatic rings. The van der Waals surface area contributed by atoms with E-state index in [0.29, 0.717) is 0 Å². The van der Waals surface area contributed by atoms with E-state index in [2.05, 4.69) is 44.8 Å². The molecule has 1 fully saturated rings. The Morgan fingerprint density at radius 2 is 1.88 bits per heavy atom. The molecule has 0 amide bonds. The second kappa shape index (κ2) is 11.8. The summed E-state index contributed by atoms with van der Waals surface area (Å²) < 4.78 is 10.7. The maximum Gasteiger partial charge on any atom is 0.191 e. The molecule has 0 spiro atoms. The first-order chi connectivity index (χ1) is 12.3. The van der Waals surface area contributed by atoms with Gasteiger partial charge in [-0.2, -0.15) is 0 Å². The summed E-state index contributed by atoms with van der Waals surface area (Å²) >= 11 is 0. The largest absolute Gasteiger partial charge is 0.382 e. The van der Waals surface area contributed by atoms with Gasteiger partial charge in [-0.3, -0.25) is 9.89 Å². The van der Waals surface area contributed by atoms with Gasteiger partial charge in [-0.05, 0) is 24.5 Å². The SMILES string of the molecule is CCOCCCNC(=NC)NCc1ccc(CN2CCOCC2)cc1. The summed E-state index contributed by atoms with van der Waals surface area (Å²) in [5.74, 6) is 0.828. The summed E-state index contributed by atoms with van der Waals surface area (Å²) in [5, 5.41) is 6.65. The van der Waals surface area contributed by atoms with Crippen LogP contribution < -0.4 is 10.6 Å². The van der Waals surface area contributed by atoms with Crippen LogP contribution in [0.4, 0.5) is 0 Å². The molecular weight excluding hydrogens is 316 g/mol. The van der Waals surface area contributed by atoms with Gasteiger partial charge in [0, 0.05) is 53.0 Å². The molecular formula is C19H32N4O2. The first-order valence-corrected chi connectivity index (χ1v) is 9.22. The highest BCUT2D eigenvalue weighted by Crippen LogP contribution is 2.09. The van der Waals surface area contributed by atoms with Crippen LogP contribution in [0.3, 0.4) is 0 Å². The number of hydrogen-bond donors (Lipinski definition) is 2. The molecule has 2 rings (SSSR count). The number of nitrogens with one attached hydrogen (secondary N) is 2. The molecule has 1 saturated heterocycles. The maximum absolute atomic E-state index is 5.39. The predicted molar refractivity (Wildman–Crippen MR) is 102 cm³/mol. The number of morpholine rings is 1. The van der Waals surface area contributed by atoms with Crippen molar-refractivity contribution in [3.8, 4) is 0 Å². The number of nitrogens with zero attached hydrogens (tertiary/aromatic N) is 2. The third-order valence-electron chi connectivity index (χ3n) is 4.18. The molecule has 25 heavy (non-hydrogen) atoms. The molecule has 6 heteroatoms. The minimum atomic E-state index is 0.767. The number of rotatable bonds is 9. The number of hydrogen-bond acceptors (Lipinski definition) is 4. The van der Waals surface area contributed by atoms with E-state index in [-0.39, 0.29) is 0 Å². The molecule has 1 heterocycles. The molecule has 0 atom stereocenters. The fourth-order valence-electron chi connectivity index (χ4n) is 2.71. The van der Waals surface area contributed by atoms with Gasteiger partial charge in [-0.15, -0.1) is 0 Å². The van der Waals surface area contributed by atoms with Crippen LogP contribution in [0, 0.1) is 0 Å². The zero-order chi connectivity index (χ0) is 17.7. The van der Waals surface area contributed by atoms with Crippen molar-refractivity contribution in [2.75, 3.05) is 53.1 Å². The smallest absolute Gasteiger partial charge is 0.191 e. The topological polar surface area (TPSA) is 58.1 Å². The highest BCUT2D eigenvalue weighted by atomic mass is 16.5. The van der Waals surface area contributed by atoms with Crippen LogP contribution >= 0.6 is 0 Å². The summed E-state index contributed by atoms with van der Waals surface area (Å²) in [6, 6.07) is 8.80. The highest BCUT2D eigenvalue weighted by Gasteiger charge is 2.10. The van der Waals surface area contributed by atoms with Gasteiger partial charge in [0.15, 0.2) is 5.96 Å². The Hall–Kier alpha value is -1.63. The predicted octanol–water partition coefficient (Wildman–Crippen LogP) is 1.61. The minimum absolute atomic E-state index is 0.767. The Kier molecular flexibility index (Phi) is 9.33. The quantitative estimate of drug-likeness (QED) is 0.403. The van der Waals surface area contributed by atoms with Crippen molar-refractivity contribution in [1.82, 2.24) is 15.5 Å². The summed E-state index contributed by atoms with van der Waals surface area (Å²) in [6.45, 7) is 9.93. The lowest BCUT2D eigenvalue weighted by Gasteiger charge is -2.26. The highest BCUT2D eigenvalue weighted by molar-refractivity contribution is 5.79.